The van der Waals surface area contributed by atoms with Crippen molar-refractivity contribution < 1.29 is 19.4 Å². The second kappa shape index (κ2) is 8.65. The van der Waals surface area contributed by atoms with E-state index in [0.29, 0.717) is 23.6 Å². The molecule has 1 heterocycles. The number of pyridine rings is 1. The van der Waals surface area contributed by atoms with E-state index in [4.69, 9.17) is 9.47 Å². The van der Waals surface area contributed by atoms with Crippen molar-refractivity contribution in [3.8, 4) is 28.4 Å². The molecule has 150 valence electrons. The predicted molar refractivity (Wildman–Crippen MR) is 112 cm³/mol. The van der Waals surface area contributed by atoms with Crippen molar-refractivity contribution in [1.29, 1.82) is 0 Å². The third kappa shape index (κ3) is 4.66. The maximum atomic E-state index is 12.6. The normalized spacial score (nSPS) is 10.5. The second-order valence-electron chi connectivity index (χ2n) is 6.82. The van der Waals surface area contributed by atoms with Crippen LogP contribution in [-0.4, -0.2) is 30.2 Å². The molecule has 0 saturated carbocycles. The van der Waals surface area contributed by atoms with E-state index in [1.54, 1.807) is 32.5 Å². The minimum atomic E-state index is -0.228. The molecule has 0 bridgehead atoms. The standard InChI is InChI=1S/C23H24N2O4/c1-14-5-17(6-15(2)22(14)26)18-9-19(13-24-12-18)23(27)25-11-16-7-20(28-3)10-21(8-16)29-4/h5-10,12-13,26H,11H2,1-4H3,(H,25,27). The van der Waals surface area contributed by atoms with Crippen molar-refractivity contribution in [3.05, 3.63) is 71.0 Å². The molecular weight excluding hydrogens is 368 g/mol. The fourth-order valence-corrected chi connectivity index (χ4v) is 3.10. The highest BCUT2D eigenvalue weighted by atomic mass is 16.5. The maximum absolute atomic E-state index is 12.6. The number of nitrogens with one attached hydrogen (secondary N) is 1. The molecule has 2 aromatic carbocycles. The highest BCUT2D eigenvalue weighted by Gasteiger charge is 2.11. The first-order chi connectivity index (χ1) is 13.9. The molecule has 6 nitrogen and oxygen atoms in total. The van der Waals surface area contributed by atoms with Gasteiger partial charge < -0.3 is 19.9 Å². The number of rotatable bonds is 6. The monoisotopic (exact) mass is 392 g/mol. The van der Waals surface area contributed by atoms with Gasteiger partial charge in [0.15, 0.2) is 0 Å². The fraction of sp³-hybridized carbons (Fsp3) is 0.217. The Morgan fingerprint density at radius 2 is 1.55 bits per heavy atom. The summed E-state index contributed by atoms with van der Waals surface area (Å²) < 4.78 is 10.5. The van der Waals surface area contributed by atoms with E-state index in [1.807, 2.05) is 38.1 Å². The quantitative estimate of drug-likeness (QED) is 0.662. The van der Waals surface area contributed by atoms with Gasteiger partial charge in [-0.1, -0.05) is 0 Å². The van der Waals surface area contributed by atoms with Crippen LogP contribution in [0.15, 0.2) is 48.8 Å². The molecule has 0 spiro atoms. The Bertz CT molecular complexity index is 1000. The summed E-state index contributed by atoms with van der Waals surface area (Å²) in [5.41, 5.74) is 4.59. The Balaban J connectivity index is 1.78. The van der Waals surface area contributed by atoms with Crippen LogP contribution in [-0.2, 0) is 6.54 Å². The van der Waals surface area contributed by atoms with Crippen molar-refractivity contribution in [3.63, 3.8) is 0 Å². The molecule has 29 heavy (non-hydrogen) atoms. The number of nitrogens with zero attached hydrogens (tertiary/aromatic N) is 1. The van der Waals surface area contributed by atoms with Gasteiger partial charge in [-0.15, -0.1) is 0 Å². The number of ether oxygens (including phenoxy) is 2. The molecule has 0 unspecified atom stereocenters. The van der Waals surface area contributed by atoms with E-state index >= 15 is 0 Å². The minimum Gasteiger partial charge on any atom is -0.507 e. The van der Waals surface area contributed by atoms with Crippen LogP contribution in [0.5, 0.6) is 17.2 Å². The molecule has 0 fully saturated rings. The molecule has 1 amide bonds. The smallest absolute Gasteiger partial charge is 0.253 e. The predicted octanol–water partition coefficient (Wildman–Crippen LogP) is 4.02. The molecule has 6 heteroatoms. The van der Waals surface area contributed by atoms with E-state index in [9.17, 15) is 9.90 Å². The van der Waals surface area contributed by atoms with Crippen molar-refractivity contribution in [2.45, 2.75) is 20.4 Å². The van der Waals surface area contributed by atoms with E-state index in [-0.39, 0.29) is 11.7 Å². The lowest BCUT2D eigenvalue weighted by Gasteiger charge is -2.11. The van der Waals surface area contributed by atoms with Crippen LogP contribution in [0, 0.1) is 13.8 Å². The molecule has 0 saturated heterocycles. The van der Waals surface area contributed by atoms with Gasteiger partial charge >= 0.3 is 0 Å². The first-order valence-corrected chi connectivity index (χ1v) is 9.17. The lowest BCUT2D eigenvalue weighted by molar-refractivity contribution is 0.0950. The lowest BCUT2D eigenvalue weighted by Crippen LogP contribution is -2.23. The number of methoxy groups -OCH3 is 2. The molecule has 0 radical (unpaired) electrons. The third-order valence-corrected chi connectivity index (χ3v) is 4.69. The van der Waals surface area contributed by atoms with Gasteiger partial charge in [-0.2, -0.15) is 0 Å². The number of aryl methyl sites for hydroxylation is 2. The van der Waals surface area contributed by atoms with Gasteiger partial charge in [-0.25, -0.2) is 0 Å². The molecule has 0 aliphatic rings. The molecule has 2 N–H and O–H groups in total. The molecule has 3 rings (SSSR count). The Morgan fingerprint density at radius 1 is 0.931 bits per heavy atom. The fourth-order valence-electron chi connectivity index (χ4n) is 3.10. The number of hydrogen-bond acceptors (Lipinski definition) is 5. The molecule has 1 aromatic heterocycles. The minimum absolute atomic E-state index is 0.228. The molecule has 0 aliphatic heterocycles. The highest BCUT2D eigenvalue weighted by molar-refractivity contribution is 5.95. The van der Waals surface area contributed by atoms with E-state index < -0.39 is 0 Å². The van der Waals surface area contributed by atoms with Crippen LogP contribution in [0.1, 0.15) is 27.0 Å². The number of amides is 1. The van der Waals surface area contributed by atoms with Gasteiger partial charge in [0.05, 0.1) is 19.8 Å². The Morgan fingerprint density at radius 3 is 2.14 bits per heavy atom. The largest absolute Gasteiger partial charge is 0.507 e. The summed E-state index contributed by atoms with van der Waals surface area (Å²) in [6, 6.07) is 11.0. The average Bonchev–Trinajstić information content (AvgIpc) is 2.75. The van der Waals surface area contributed by atoms with E-state index in [2.05, 4.69) is 10.3 Å². The summed E-state index contributed by atoms with van der Waals surface area (Å²) in [4.78, 5) is 16.9. The number of hydrogen-bond donors (Lipinski definition) is 2. The summed E-state index contributed by atoms with van der Waals surface area (Å²) in [6.07, 6.45) is 3.24. The Labute approximate surface area is 170 Å². The number of phenolic OH excluding ortho intramolecular Hbond substituents is 1. The average molecular weight is 392 g/mol. The summed E-state index contributed by atoms with van der Waals surface area (Å²) in [5.74, 6) is 1.38. The second-order valence-corrected chi connectivity index (χ2v) is 6.82. The number of benzene rings is 2. The van der Waals surface area contributed by atoms with Crippen LogP contribution in [0.3, 0.4) is 0 Å². The van der Waals surface area contributed by atoms with E-state index in [0.717, 1.165) is 27.8 Å². The summed E-state index contributed by atoms with van der Waals surface area (Å²) in [7, 11) is 3.17. The van der Waals surface area contributed by atoms with Crippen molar-refractivity contribution >= 4 is 5.91 Å². The number of aromatic nitrogens is 1. The van der Waals surface area contributed by atoms with Gasteiger partial charge in [-0.3, -0.25) is 9.78 Å². The third-order valence-electron chi connectivity index (χ3n) is 4.69. The van der Waals surface area contributed by atoms with Gasteiger partial charge in [0.1, 0.15) is 17.2 Å². The summed E-state index contributed by atoms with van der Waals surface area (Å²) in [5, 5.41) is 12.9. The number of carbonyl (C=O) groups is 1. The Hall–Kier alpha value is -3.54. The van der Waals surface area contributed by atoms with Gasteiger partial charge in [0, 0.05) is 30.6 Å². The topological polar surface area (TPSA) is 80.7 Å². The van der Waals surface area contributed by atoms with Crippen LogP contribution >= 0.6 is 0 Å². The van der Waals surface area contributed by atoms with Gasteiger partial charge in [0.25, 0.3) is 5.91 Å². The first kappa shape index (κ1) is 20.2. The zero-order chi connectivity index (χ0) is 21.0. The molecule has 0 atom stereocenters. The number of phenols is 1. The number of carbonyl (C=O) groups excluding carboxylic acids is 1. The first-order valence-electron chi connectivity index (χ1n) is 9.17. The van der Waals surface area contributed by atoms with Gasteiger partial charge in [-0.05, 0) is 66.4 Å². The van der Waals surface area contributed by atoms with Crippen LogP contribution < -0.4 is 14.8 Å². The summed E-state index contributed by atoms with van der Waals surface area (Å²) in [6.45, 7) is 4.02. The SMILES string of the molecule is COc1cc(CNC(=O)c2cncc(-c3cc(C)c(O)c(C)c3)c2)cc(OC)c1. The van der Waals surface area contributed by atoms with Crippen LogP contribution in [0.25, 0.3) is 11.1 Å². The van der Waals surface area contributed by atoms with Crippen molar-refractivity contribution in [1.82, 2.24) is 10.3 Å². The molecular formula is C23H24N2O4. The number of aromatic hydroxyl groups is 1. The zero-order valence-corrected chi connectivity index (χ0v) is 16.9. The van der Waals surface area contributed by atoms with Crippen molar-refractivity contribution in [2.75, 3.05) is 14.2 Å². The zero-order valence-electron chi connectivity index (χ0n) is 16.9. The molecule has 0 aliphatic carbocycles. The van der Waals surface area contributed by atoms with Crippen LogP contribution in [0.2, 0.25) is 0 Å². The van der Waals surface area contributed by atoms with Crippen LogP contribution in [0.4, 0.5) is 0 Å². The molecule has 3 aromatic rings. The highest BCUT2D eigenvalue weighted by Crippen LogP contribution is 2.29. The van der Waals surface area contributed by atoms with Gasteiger partial charge in [0.2, 0.25) is 0 Å². The Kier molecular flexibility index (Phi) is 6.02. The maximum Gasteiger partial charge on any atom is 0.253 e. The lowest BCUT2D eigenvalue weighted by atomic mass is 10.00. The van der Waals surface area contributed by atoms with Crippen molar-refractivity contribution in [2.24, 2.45) is 0 Å². The van der Waals surface area contributed by atoms with E-state index in [1.165, 1.54) is 6.20 Å². The summed E-state index contributed by atoms with van der Waals surface area (Å²) >= 11 is 0.